The van der Waals surface area contributed by atoms with E-state index < -0.39 is 12.6 Å². The second kappa shape index (κ2) is 10.2. The Morgan fingerprint density at radius 3 is 2.31 bits per heavy atom. The van der Waals surface area contributed by atoms with Crippen molar-refractivity contribution in [3.05, 3.63) is 90.0 Å². The Hall–Kier alpha value is -4.85. The molecule has 1 saturated heterocycles. The van der Waals surface area contributed by atoms with E-state index in [9.17, 15) is 19.2 Å². The molecule has 2 saturated carbocycles. The van der Waals surface area contributed by atoms with Crippen LogP contribution in [0.1, 0.15) is 40.0 Å². The predicted octanol–water partition coefficient (Wildman–Crippen LogP) is 5.49. The van der Waals surface area contributed by atoms with Crippen molar-refractivity contribution in [1.29, 1.82) is 0 Å². The third-order valence-electron chi connectivity index (χ3n) is 9.01. The predicted molar refractivity (Wildman–Crippen MR) is 155 cm³/mol. The van der Waals surface area contributed by atoms with Crippen LogP contribution in [-0.2, 0) is 14.3 Å². The zero-order valence-electron chi connectivity index (χ0n) is 23.0. The number of ketones is 1. The normalized spacial score (nSPS) is 22.5. The van der Waals surface area contributed by atoms with E-state index in [1.54, 1.807) is 73.8 Å². The molecule has 210 valence electrons. The number of hydrogen-bond acceptors (Lipinski definition) is 7. The van der Waals surface area contributed by atoms with Gasteiger partial charge in [-0.3, -0.25) is 19.3 Å². The standard InChI is InChI=1S/C34H28N2O6/c1-41-24-13-11-19(12-14-24)29(37)18-42-34(40)26-17-28(35-27-8-3-2-7-25(26)27)20-5-4-6-23(16-20)36-32(38)30-21-9-10-22(15-21)31(30)33(36)39/h2-8,11-14,16-17,21-22,30-31H,9-10,15,18H2,1H3/t21-,22+,30-,31-/m0/s1. The van der Waals surface area contributed by atoms with Gasteiger partial charge in [-0.1, -0.05) is 30.3 Å². The van der Waals surface area contributed by atoms with E-state index in [0.717, 1.165) is 19.3 Å². The van der Waals surface area contributed by atoms with Crippen LogP contribution in [0.2, 0.25) is 0 Å². The number of anilines is 1. The van der Waals surface area contributed by atoms with Gasteiger partial charge < -0.3 is 9.47 Å². The number of fused-ring (bicyclic) bond motifs is 6. The number of Topliss-reactive ketones (excluding diaryl/α,β-unsaturated/α-hetero) is 1. The topological polar surface area (TPSA) is 103 Å². The smallest absolute Gasteiger partial charge is 0.339 e. The van der Waals surface area contributed by atoms with Crippen molar-refractivity contribution in [2.45, 2.75) is 19.3 Å². The van der Waals surface area contributed by atoms with Crippen LogP contribution in [0, 0.1) is 23.7 Å². The number of nitrogens with zero attached hydrogens (tertiary/aromatic N) is 2. The zero-order chi connectivity index (χ0) is 29.0. The Labute approximate surface area is 242 Å². The molecule has 3 aromatic carbocycles. The van der Waals surface area contributed by atoms with Crippen LogP contribution in [0.4, 0.5) is 5.69 Å². The highest BCUT2D eigenvalue weighted by Gasteiger charge is 2.61. The van der Waals surface area contributed by atoms with Crippen LogP contribution in [0.25, 0.3) is 22.2 Å². The molecule has 0 spiro atoms. The summed E-state index contributed by atoms with van der Waals surface area (Å²) in [6.45, 7) is -0.421. The molecule has 0 radical (unpaired) electrons. The molecule has 2 aliphatic carbocycles. The average molecular weight is 561 g/mol. The number of pyridine rings is 1. The van der Waals surface area contributed by atoms with Gasteiger partial charge in [0.25, 0.3) is 0 Å². The number of aromatic nitrogens is 1. The van der Waals surface area contributed by atoms with Crippen molar-refractivity contribution in [2.24, 2.45) is 23.7 Å². The lowest BCUT2D eigenvalue weighted by molar-refractivity contribution is -0.123. The molecule has 0 N–H and O–H groups in total. The summed E-state index contributed by atoms with van der Waals surface area (Å²) in [6.07, 6.45) is 3.01. The van der Waals surface area contributed by atoms with Gasteiger partial charge in [-0.05, 0) is 79.6 Å². The quantitative estimate of drug-likeness (QED) is 0.167. The highest BCUT2D eigenvalue weighted by atomic mass is 16.5. The van der Waals surface area contributed by atoms with Gasteiger partial charge in [-0.15, -0.1) is 0 Å². The van der Waals surface area contributed by atoms with Crippen LogP contribution in [-0.4, -0.2) is 42.3 Å². The number of carbonyl (C=O) groups excluding carboxylic acids is 4. The maximum Gasteiger partial charge on any atom is 0.339 e. The summed E-state index contributed by atoms with van der Waals surface area (Å²) in [5.41, 5.74) is 2.91. The summed E-state index contributed by atoms with van der Waals surface area (Å²) in [6, 6.07) is 22.6. The van der Waals surface area contributed by atoms with Gasteiger partial charge in [-0.25, -0.2) is 9.78 Å². The number of hydrogen-bond donors (Lipinski definition) is 0. The molecule has 3 fully saturated rings. The summed E-state index contributed by atoms with van der Waals surface area (Å²) >= 11 is 0. The molecule has 1 aliphatic heterocycles. The number of amides is 2. The minimum absolute atomic E-state index is 0.105. The van der Waals surface area contributed by atoms with E-state index in [2.05, 4.69) is 0 Å². The van der Waals surface area contributed by atoms with Crippen LogP contribution in [0.15, 0.2) is 78.9 Å². The van der Waals surface area contributed by atoms with E-state index >= 15 is 0 Å². The van der Waals surface area contributed by atoms with Gasteiger partial charge in [0.1, 0.15) is 5.75 Å². The first-order valence-electron chi connectivity index (χ1n) is 14.2. The van der Waals surface area contributed by atoms with Crippen molar-refractivity contribution >= 4 is 40.2 Å². The van der Waals surface area contributed by atoms with Crippen molar-refractivity contribution in [3.63, 3.8) is 0 Å². The van der Waals surface area contributed by atoms with Gasteiger partial charge in [-0.2, -0.15) is 0 Å². The number of esters is 1. The first-order chi connectivity index (χ1) is 20.4. The molecule has 2 bridgehead atoms. The van der Waals surface area contributed by atoms with Crippen molar-refractivity contribution in [3.8, 4) is 17.0 Å². The number of imide groups is 1. The maximum absolute atomic E-state index is 13.4. The number of benzene rings is 3. The molecule has 1 aromatic heterocycles. The molecule has 2 heterocycles. The molecule has 4 atom stereocenters. The minimum Gasteiger partial charge on any atom is -0.497 e. The van der Waals surface area contributed by atoms with E-state index in [0.29, 0.717) is 51.0 Å². The molecule has 4 aromatic rings. The number of methoxy groups -OCH3 is 1. The van der Waals surface area contributed by atoms with Crippen molar-refractivity contribution < 1.29 is 28.7 Å². The van der Waals surface area contributed by atoms with E-state index in [1.807, 2.05) is 12.1 Å². The van der Waals surface area contributed by atoms with Crippen LogP contribution in [0.5, 0.6) is 5.75 Å². The monoisotopic (exact) mass is 560 g/mol. The highest BCUT2D eigenvalue weighted by molar-refractivity contribution is 6.22. The fourth-order valence-electron chi connectivity index (χ4n) is 7.03. The Bertz CT molecular complexity index is 1740. The molecular formula is C34H28N2O6. The molecular weight excluding hydrogens is 532 g/mol. The van der Waals surface area contributed by atoms with E-state index in [1.165, 1.54) is 4.90 Å². The fourth-order valence-corrected chi connectivity index (χ4v) is 7.03. The number of ether oxygens (including phenoxy) is 2. The molecule has 7 rings (SSSR count). The Balaban J connectivity index is 1.17. The van der Waals surface area contributed by atoms with E-state index in [4.69, 9.17) is 14.5 Å². The van der Waals surface area contributed by atoms with Gasteiger partial charge in [0.15, 0.2) is 12.4 Å². The van der Waals surface area contributed by atoms with Crippen molar-refractivity contribution in [2.75, 3.05) is 18.6 Å². The zero-order valence-corrected chi connectivity index (χ0v) is 23.0. The lowest BCUT2D eigenvalue weighted by Gasteiger charge is -2.19. The van der Waals surface area contributed by atoms with Crippen LogP contribution >= 0.6 is 0 Å². The summed E-state index contributed by atoms with van der Waals surface area (Å²) in [5.74, 6) is -0.387. The number of para-hydroxylation sites is 1. The summed E-state index contributed by atoms with van der Waals surface area (Å²) in [4.78, 5) is 58.9. The summed E-state index contributed by atoms with van der Waals surface area (Å²) < 4.78 is 10.6. The van der Waals surface area contributed by atoms with Crippen LogP contribution < -0.4 is 9.64 Å². The molecule has 3 aliphatic rings. The summed E-state index contributed by atoms with van der Waals surface area (Å²) in [7, 11) is 1.54. The van der Waals surface area contributed by atoms with Gasteiger partial charge in [0, 0.05) is 16.5 Å². The SMILES string of the molecule is COc1ccc(C(=O)COC(=O)c2cc(-c3cccc(N4C(=O)[C@H]5[C@@H]6CC[C@@H](C6)[C@@H]5C4=O)c3)nc3ccccc23)cc1. The maximum atomic E-state index is 13.4. The number of rotatable bonds is 7. The third kappa shape index (κ3) is 4.26. The van der Waals surface area contributed by atoms with E-state index in [-0.39, 0.29) is 35.0 Å². The molecule has 8 nitrogen and oxygen atoms in total. The largest absolute Gasteiger partial charge is 0.497 e. The molecule has 2 amide bonds. The molecule has 8 heteroatoms. The second-order valence-electron chi connectivity index (χ2n) is 11.2. The minimum atomic E-state index is -0.652. The first kappa shape index (κ1) is 26.1. The van der Waals surface area contributed by atoms with Gasteiger partial charge in [0.05, 0.1) is 41.4 Å². The Morgan fingerprint density at radius 2 is 1.60 bits per heavy atom. The lowest BCUT2D eigenvalue weighted by Crippen LogP contribution is -2.32. The average Bonchev–Trinajstić information content (AvgIpc) is 3.72. The van der Waals surface area contributed by atoms with Crippen LogP contribution in [0.3, 0.4) is 0 Å². The molecule has 0 unspecified atom stereocenters. The fraction of sp³-hybridized carbons (Fsp3) is 0.265. The number of carbonyl (C=O) groups is 4. The van der Waals surface area contributed by atoms with Gasteiger partial charge >= 0.3 is 5.97 Å². The Morgan fingerprint density at radius 1 is 0.881 bits per heavy atom. The Kier molecular flexibility index (Phi) is 6.34. The molecule has 42 heavy (non-hydrogen) atoms. The lowest BCUT2D eigenvalue weighted by atomic mass is 9.81. The summed E-state index contributed by atoms with van der Waals surface area (Å²) in [5, 5.41) is 0.590. The van der Waals surface area contributed by atoms with Crippen molar-refractivity contribution in [1.82, 2.24) is 4.98 Å². The first-order valence-corrected chi connectivity index (χ1v) is 14.2. The second-order valence-corrected chi connectivity index (χ2v) is 11.2. The van der Waals surface area contributed by atoms with Gasteiger partial charge in [0.2, 0.25) is 11.8 Å². The highest BCUT2D eigenvalue weighted by Crippen LogP contribution is 2.56. The third-order valence-corrected chi connectivity index (χ3v) is 9.01.